The number of hydrogen-bond acceptors (Lipinski definition) is 1. The van der Waals surface area contributed by atoms with E-state index in [4.69, 9.17) is 5.73 Å². The third kappa shape index (κ3) is 2.69. The molecule has 0 radical (unpaired) electrons. The number of rotatable bonds is 5. The number of unbranched alkanes of at least 4 members (excludes halogenated alkanes) is 1. The van der Waals surface area contributed by atoms with Gasteiger partial charge in [0.25, 0.3) is 0 Å². The molecule has 1 heterocycles. The summed E-state index contributed by atoms with van der Waals surface area (Å²) in [5, 5.41) is 1.17. The second-order valence-electron chi connectivity index (χ2n) is 5.25. The molecular weight excluding hydrogens is 263 g/mol. The minimum Gasteiger partial charge on any atom is -0.354 e. The first-order valence-electron chi connectivity index (χ1n) is 7.36. The third-order valence-electron chi connectivity index (χ3n) is 3.84. The van der Waals surface area contributed by atoms with Crippen molar-refractivity contribution in [1.29, 1.82) is 0 Å². The Kier molecular flexibility index (Phi) is 4.02. The predicted octanol–water partition coefficient (Wildman–Crippen LogP) is 4.26. The summed E-state index contributed by atoms with van der Waals surface area (Å²) >= 11 is 0. The van der Waals surface area contributed by atoms with Gasteiger partial charge in [0, 0.05) is 16.5 Å². The molecule has 21 heavy (non-hydrogen) atoms. The number of fused-ring (bicyclic) bond motifs is 1. The molecule has 3 N–H and O–H groups in total. The van der Waals surface area contributed by atoms with Gasteiger partial charge in [-0.05, 0) is 49.6 Å². The molecule has 0 amide bonds. The third-order valence-corrected chi connectivity index (χ3v) is 3.84. The van der Waals surface area contributed by atoms with Crippen LogP contribution in [0.4, 0.5) is 4.39 Å². The number of aryl methyl sites for hydroxylation is 1. The molecule has 2 nitrogen and oxygen atoms in total. The molecule has 0 fully saturated rings. The van der Waals surface area contributed by atoms with E-state index in [0.717, 1.165) is 30.5 Å². The van der Waals surface area contributed by atoms with Crippen molar-refractivity contribution in [3.8, 4) is 11.3 Å². The lowest BCUT2D eigenvalue weighted by Crippen LogP contribution is -1.99. The summed E-state index contributed by atoms with van der Waals surface area (Å²) < 4.78 is 14.1. The molecule has 0 saturated heterocycles. The first-order valence-corrected chi connectivity index (χ1v) is 7.36. The number of hydrogen-bond donors (Lipinski definition) is 2. The number of benzene rings is 2. The molecular formula is C18H19FN2. The highest BCUT2D eigenvalue weighted by molar-refractivity contribution is 5.90. The van der Waals surface area contributed by atoms with Crippen LogP contribution in [0, 0.1) is 5.82 Å². The van der Waals surface area contributed by atoms with Gasteiger partial charge in [0.2, 0.25) is 0 Å². The normalized spacial score (nSPS) is 11.1. The Morgan fingerprint density at radius 3 is 2.52 bits per heavy atom. The summed E-state index contributed by atoms with van der Waals surface area (Å²) in [4.78, 5) is 3.38. The summed E-state index contributed by atoms with van der Waals surface area (Å²) in [5.74, 6) is -0.191. The molecule has 0 aliphatic heterocycles. The van der Waals surface area contributed by atoms with Gasteiger partial charge in [0.15, 0.2) is 0 Å². The Balaban J connectivity index is 2.12. The average Bonchev–Trinajstić information content (AvgIpc) is 2.87. The van der Waals surface area contributed by atoms with Gasteiger partial charge in [0.1, 0.15) is 5.82 Å². The fourth-order valence-corrected chi connectivity index (χ4v) is 2.80. The number of aromatic nitrogens is 1. The maximum atomic E-state index is 14.1. The molecule has 0 spiro atoms. The van der Waals surface area contributed by atoms with E-state index >= 15 is 0 Å². The van der Waals surface area contributed by atoms with Crippen LogP contribution in [0.3, 0.4) is 0 Å². The molecule has 0 saturated carbocycles. The molecule has 3 aromatic rings. The molecule has 0 unspecified atom stereocenters. The summed E-state index contributed by atoms with van der Waals surface area (Å²) in [6.45, 7) is 0.692. The zero-order valence-electron chi connectivity index (χ0n) is 11.9. The van der Waals surface area contributed by atoms with Crippen molar-refractivity contribution in [2.24, 2.45) is 5.73 Å². The number of H-pyrrole nitrogens is 1. The highest BCUT2D eigenvalue weighted by atomic mass is 19.1. The van der Waals surface area contributed by atoms with E-state index in [9.17, 15) is 4.39 Å². The second kappa shape index (κ2) is 6.10. The van der Waals surface area contributed by atoms with Gasteiger partial charge in [-0.25, -0.2) is 4.39 Å². The first-order chi connectivity index (χ1) is 10.3. The minimum absolute atomic E-state index is 0.191. The lowest BCUT2D eigenvalue weighted by Gasteiger charge is -2.06. The zero-order valence-corrected chi connectivity index (χ0v) is 11.9. The molecule has 0 atom stereocenters. The van der Waals surface area contributed by atoms with Crippen molar-refractivity contribution < 1.29 is 4.39 Å². The van der Waals surface area contributed by atoms with E-state index < -0.39 is 0 Å². The number of para-hydroxylation sites is 1. The molecule has 3 rings (SSSR count). The van der Waals surface area contributed by atoms with Crippen LogP contribution in [0.2, 0.25) is 0 Å². The van der Waals surface area contributed by atoms with Crippen LogP contribution in [0.1, 0.15) is 18.4 Å². The summed E-state index contributed by atoms with van der Waals surface area (Å²) in [6.07, 6.45) is 2.90. The average molecular weight is 282 g/mol. The van der Waals surface area contributed by atoms with Crippen molar-refractivity contribution in [2.75, 3.05) is 6.54 Å². The SMILES string of the molecule is NCCCCc1c(-c2ccccc2F)[nH]c2ccccc12. The van der Waals surface area contributed by atoms with Crippen molar-refractivity contribution in [2.45, 2.75) is 19.3 Å². The van der Waals surface area contributed by atoms with Crippen molar-refractivity contribution in [1.82, 2.24) is 4.98 Å². The molecule has 2 aromatic carbocycles. The van der Waals surface area contributed by atoms with Crippen molar-refractivity contribution >= 4 is 10.9 Å². The number of nitrogens with two attached hydrogens (primary N) is 1. The smallest absolute Gasteiger partial charge is 0.132 e. The van der Waals surface area contributed by atoms with E-state index in [1.54, 1.807) is 6.07 Å². The monoisotopic (exact) mass is 282 g/mol. The van der Waals surface area contributed by atoms with Gasteiger partial charge in [-0.1, -0.05) is 30.3 Å². The van der Waals surface area contributed by atoms with Gasteiger partial charge < -0.3 is 10.7 Å². The molecule has 0 aliphatic rings. The Labute approximate surface area is 123 Å². The van der Waals surface area contributed by atoms with Gasteiger partial charge in [-0.2, -0.15) is 0 Å². The first kappa shape index (κ1) is 13.8. The van der Waals surface area contributed by atoms with Gasteiger partial charge in [0.05, 0.1) is 5.69 Å². The van der Waals surface area contributed by atoms with Crippen LogP contribution in [0.25, 0.3) is 22.2 Å². The molecule has 1 aromatic heterocycles. The van der Waals surface area contributed by atoms with E-state index in [1.165, 1.54) is 17.0 Å². The maximum Gasteiger partial charge on any atom is 0.132 e. The lowest BCUT2D eigenvalue weighted by molar-refractivity contribution is 0.630. The Morgan fingerprint density at radius 2 is 1.71 bits per heavy atom. The van der Waals surface area contributed by atoms with Crippen LogP contribution in [-0.2, 0) is 6.42 Å². The lowest BCUT2D eigenvalue weighted by atomic mass is 10.00. The molecule has 108 valence electrons. The van der Waals surface area contributed by atoms with E-state index in [-0.39, 0.29) is 5.82 Å². The van der Waals surface area contributed by atoms with Crippen LogP contribution >= 0.6 is 0 Å². The van der Waals surface area contributed by atoms with Crippen molar-refractivity contribution in [3.05, 3.63) is 59.9 Å². The summed E-state index contributed by atoms with van der Waals surface area (Å²) in [5.41, 5.74) is 9.36. The van der Waals surface area contributed by atoms with E-state index in [0.29, 0.717) is 12.1 Å². The molecule has 3 heteroatoms. The summed E-state index contributed by atoms with van der Waals surface area (Å²) in [7, 11) is 0. The summed E-state index contributed by atoms with van der Waals surface area (Å²) in [6, 6.07) is 15.1. The Hall–Kier alpha value is -2.13. The Morgan fingerprint density at radius 1 is 0.952 bits per heavy atom. The van der Waals surface area contributed by atoms with Crippen molar-refractivity contribution in [3.63, 3.8) is 0 Å². The molecule has 0 aliphatic carbocycles. The highest BCUT2D eigenvalue weighted by Gasteiger charge is 2.15. The van der Waals surface area contributed by atoms with Crippen LogP contribution < -0.4 is 5.73 Å². The fourth-order valence-electron chi connectivity index (χ4n) is 2.80. The fraction of sp³-hybridized carbons (Fsp3) is 0.222. The van der Waals surface area contributed by atoms with Gasteiger partial charge in [-0.3, -0.25) is 0 Å². The zero-order chi connectivity index (χ0) is 14.7. The van der Waals surface area contributed by atoms with Crippen LogP contribution in [0.5, 0.6) is 0 Å². The Bertz CT molecular complexity index is 746. The minimum atomic E-state index is -0.191. The molecule has 0 bridgehead atoms. The van der Waals surface area contributed by atoms with Crippen LogP contribution in [0.15, 0.2) is 48.5 Å². The topological polar surface area (TPSA) is 41.8 Å². The largest absolute Gasteiger partial charge is 0.354 e. The highest BCUT2D eigenvalue weighted by Crippen LogP contribution is 2.32. The van der Waals surface area contributed by atoms with Gasteiger partial charge in [-0.15, -0.1) is 0 Å². The quantitative estimate of drug-likeness (QED) is 0.675. The predicted molar refractivity (Wildman–Crippen MR) is 85.7 cm³/mol. The van der Waals surface area contributed by atoms with Gasteiger partial charge >= 0.3 is 0 Å². The number of halogens is 1. The van der Waals surface area contributed by atoms with Crippen LogP contribution in [-0.4, -0.2) is 11.5 Å². The maximum absolute atomic E-state index is 14.1. The van der Waals surface area contributed by atoms with E-state index in [1.807, 2.05) is 30.3 Å². The van der Waals surface area contributed by atoms with E-state index in [2.05, 4.69) is 11.1 Å². The number of nitrogens with one attached hydrogen (secondary N) is 1. The number of aromatic amines is 1. The standard InChI is InChI=1S/C18H19FN2/c19-16-10-3-1-9-15(16)18-14(8-5-6-12-20)13-7-2-4-11-17(13)21-18/h1-4,7,9-11,21H,5-6,8,12,20H2. The second-order valence-corrected chi connectivity index (χ2v) is 5.25.